The van der Waals surface area contributed by atoms with Gasteiger partial charge >= 0.3 is 6.18 Å². The maximum Gasteiger partial charge on any atom is 0.416 e. The first kappa shape index (κ1) is 20.6. The molecule has 5 rings (SSSR count). The molecule has 1 aliphatic heterocycles. The summed E-state index contributed by atoms with van der Waals surface area (Å²) in [5.74, 6) is -0.413. The second-order valence-electron chi connectivity index (χ2n) is 7.63. The van der Waals surface area contributed by atoms with Crippen molar-refractivity contribution in [2.45, 2.75) is 12.7 Å². The summed E-state index contributed by atoms with van der Waals surface area (Å²) in [7, 11) is 0. The van der Waals surface area contributed by atoms with E-state index in [4.69, 9.17) is 0 Å². The maximum absolute atomic E-state index is 13.0. The molecule has 1 amide bonds. The molecule has 1 aromatic heterocycles. The number of alkyl halides is 3. The number of hydrogen-bond donors (Lipinski definition) is 1. The third kappa shape index (κ3) is 3.73. The van der Waals surface area contributed by atoms with Gasteiger partial charge in [-0.05, 0) is 42.0 Å². The van der Waals surface area contributed by atoms with Gasteiger partial charge < -0.3 is 9.88 Å². The van der Waals surface area contributed by atoms with Gasteiger partial charge in [0.15, 0.2) is 0 Å². The van der Waals surface area contributed by atoms with E-state index < -0.39 is 17.6 Å². The van der Waals surface area contributed by atoms with Crippen LogP contribution in [0.4, 0.5) is 18.9 Å². The standard InChI is InChI=1S/C25H16BrF3N2O/c26-18-8-5-15(6-9-18)13-31-14-16(19-3-1-2-4-23(19)31)11-21-20-10-7-17(25(27,28)29)12-22(20)30-24(21)32/h1-12,14H,13H2,(H,30,32)/b21-11+. The largest absolute Gasteiger partial charge is 0.416 e. The molecule has 4 aromatic rings. The fourth-order valence-electron chi connectivity index (χ4n) is 3.98. The van der Waals surface area contributed by atoms with Crippen LogP contribution in [0.15, 0.2) is 77.4 Å². The Morgan fingerprint density at radius 1 is 1.00 bits per heavy atom. The molecule has 2 heterocycles. The van der Waals surface area contributed by atoms with Crippen molar-refractivity contribution in [2.24, 2.45) is 0 Å². The summed E-state index contributed by atoms with van der Waals surface area (Å²) in [5.41, 5.74) is 3.16. The molecule has 1 N–H and O–H groups in total. The summed E-state index contributed by atoms with van der Waals surface area (Å²) in [5, 5.41) is 3.52. The van der Waals surface area contributed by atoms with Gasteiger partial charge in [-0.3, -0.25) is 4.79 Å². The molecule has 3 aromatic carbocycles. The van der Waals surface area contributed by atoms with Crippen LogP contribution in [0.5, 0.6) is 0 Å². The molecule has 3 nitrogen and oxygen atoms in total. The van der Waals surface area contributed by atoms with E-state index >= 15 is 0 Å². The zero-order valence-corrected chi connectivity index (χ0v) is 18.2. The topological polar surface area (TPSA) is 34.0 Å². The molecule has 0 radical (unpaired) electrons. The van der Waals surface area contributed by atoms with Gasteiger partial charge in [0.25, 0.3) is 5.91 Å². The SMILES string of the molecule is O=C1Nc2cc(C(F)(F)F)ccc2/C1=C\c1cn(Cc2ccc(Br)cc2)c2ccccc12. The number of para-hydroxylation sites is 1. The van der Waals surface area contributed by atoms with E-state index in [1.165, 1.54) is 6.07 Å². The van der Waals surface area contributed by atoms with Gasteiger partial charge in [-0.2, -0.15) is 13.2 Å². The molecule has 0 fully saturated rings. The Morgan fingerprint density at radius 3 is 2.50 bits per heavy atom. The molecule has 0 bridgehead atoms. The van der Waals surface area contributed by atoms with Crippen LogP contribution in [0.3, 0.4) is 0 Å². The number of rotatable bonds is 3. The van der Waals surface area contributed by atoms with Crippen molar-refractivity contribution in [3.63, 3.8) is 0 Å². The Hall–Kier alpha value is -3.32. The summed E-state index contributed by atoms with van der Waals surface area (Å²) >= 11 is 3.44. The Morgan fingerprint density at radius 2 is 1.75 bits per heavy atom. The summed E-state index contributed by atoms with van der Waals surface area (Å²) in [6, 6.07) is 19.2. The fourth-order valence-corrected chi connectivity index (χ4v) is 4.24. The van der Waals surface area contributed by atoms with Crippen LogP contribution in [0, 0.1) is 0 Å². The minimum atomic E-state index is -4.47. The average Bonchev–Trinajstić information content (AvgIpc) is 3.26. The maximum atomic E-state index is 13.0. The summed E-state index contributed by atoms with van der Waals surface area (Å²) < 4.78 is 42.2. The quantitative estimate of drug-likeness (QED) is 0.305. The highest BCUT2D eigenvalue weighted by Gasteiger charge is 2.33. The van der Waals surface area contributed by atoms with E-state index in [1.807, 2.05) is 54.7 Å². The summed E-state index contributed by atoms with van der Waals surface area (Å²) in [4.78, 5) is 12.6. The number of anilines is 1. The summed E-state index contributed by atoms with van der Waals surface area (Å²) in [6.07, 6.45) is -0.753. The smallest absolute Gasteiger partial charge is 0.342 e. The third-order valence-corrected chi connectivity index (χ3v) is 6.04. The van der Waals surface area contributed by atoms with Crippen LogP contribution >= 0.6 is 15.9 Å². The molecular weight excluding hydrogens is 481 g/mol. The highest BCUT2D eigenvalue weighted by Crippen LogP contribution is 2.39. The number of carbonyl (C=O) groups excluding carboxylic acids is 1. The van der Waals surface area contributed by atoms with Gasteiger partial charge in [0.2, 0.25) is 0 Å². The van der Waals surface area contributed by atoms with Crippen molar-refractivity contribution in [3.05, 3.63) is 99.7 Å². The van der Waals surface area contributed by atoms with Crippen LogP contribution < -0.4 is 5.32 Å². The van der Waals surface area contributed by atoms with E-state index in [9.17, 15) is 18.0 Å². The lowest BCUT2D eigenvalue weighted by molar-refractivity contribution is -0.137. The molecule has 0 atom stereocenters. The van der Waals surface area contributed by atoms with Crippen LogP contribution in [0.2, 0.25) is 0 Å². The predicted octanol–water partition coefficient (Wildman–Crippen LogP) is 6.96. The van der Waals surface area contributed by atoms with Crippen molar-refractivity contribution in [2.75, 3.05) is 5.32 Å². The molecule has 0 saturated carbocycles. The number of nitrogens with one attached hydrogen (secondary N) is 1. The average molecular weight is 497 g/mol. The van der Waals surface area contributed by atoms with Crippen LogP contribution in [0.25, 0.3) is 22.6 Å². The van der Waals surface area contributed by atoms with Crippen molar-refractivity contribution in [1.82, 2.24) is 4.57 Å². The zero-order chi connectivity index (χ0) is 22.5. The molecule has 0 spiro atoms. The Labute approximate surface area is 190 Å². The molecule has 160 valence electrons. The van der Waals surface area contributed by atoms with E-state index in [0.717, 1.165) is 38.6 Å². The number of carbonyl (C=O) groups is 1. The molecule has 32 heavy (non-hydrogen) atoms. The molecule has 1 aliphatic rings. The number of hydrogen-bond acceptors (Lipinski definition) is 1. The molecule has 7 heteroatoms. The lowest BCUT2D eigenvalue weighted by Gasteiger charge is -2.08. The zero-order valence-electron chi connectivity index (χ0n) is 16.6. The van der Waals surface area contributed by atoms with Gasteiger partial charge in [0.05, 0.1) is 5.56 Å². The number of fused-ring (bicyclic) bond motifs is 2. The van der Waals surface area contributed by atoms with Crippen molar-refractivity contribution in [1.29, 1.82) is 0 Å². The number of aromatic nitrogens is 1. The van der Waals surface area contributed by atoms with Crippen molar-refractivity contribution >= 4 is 50.1 Å². The van der Waals surface area contributed by atoms with Gasteiger partial charge in [0.1, 0.15) is 0 Å². The number of amides is 1. The number of nitrogens with zero attached hydrogens (tertiary/aromatic N) is 1. The first-order valence-corrected chi connectivity index (χ1v) is 10.7. The van der Waals surface area contributed by atoms with E-state index in [0.29, 0.717) is 17.7 Å². The highest BCUT2D eigenvalue weighted by molar-refractivity contribution is 9.10. The van der Waals surface area contributed by atoms with Crippen molar-refractivity contribution < 1.29 is 18.0 Å². The lowest BCUT2D eigenvalue weighted by Crippen LogP contribution is -2.06. The van der Waals surface area contributed by atoms with E-state index in [2.05, 4.69) is 25.8 Å². The summed E-state index contributed by atoms with van der Waals surface area (Å²) in [6.45, 7) is 0.648. The Kier molecular flexibility index (Phi) is 4.93. The van der Waals surface area contributed by atoms with Gasteiger partial charge in [-0.1, -0.05) is 52.3 Å². The van der Waals surface area contributed by atoms with Crippen LogP contribution in [-0.4, -0.2) is 10.5 Å². The van der Waals surface area contributed by atoms with Gasteiger partial charge in [0, 0.05) is 50.5 Å². The highest BCUT2D eigenvalue weighted by atomic mass is 79.9. The number of halogens is 4. The molecule has 0 aliphatic carbocycles. The molecule has 0 saturated heterocycles. The minimum absolute atomic E-state index is 0.176. The van der Waals surface area contributed by atoms with Gasteiger partial charge in [-0.25, -0.2) is 0 Å². The van der Waals surface area contributed by atoms with Crippen LogP contribution in [0.1, 0.15) is 22.3 Å². The second-order valence-corrected chi connectivity index (χ2v) is 8.54. The number of benzene rings is 3. The molecule has 0 unspecified atom stereocenters. The van der Waals surface area contributed by atoms with E-state index in [-0.39, 0.29) is 5.69 Å². The fraction of sp³-hybridized carbons (Fsp3) is 0.0800. The monoisotopic (exact) mass is 496 g/mol. The normalized spacial score (nSPS) is 14.8. The predicted molar refractivity (Wildman–Crippen MR) is 123 cm³/mol. The second kappa shape index (κ2) is 7.67. The third-order valence-electron chi connectivity index (χ3n) is 5.52. The Balaban J connectivity index is 1.58. The van der Waals surface area contributed by atoms with E-state index in [1.54, 1.807) is 6.08 Å². The van der Waals surface area contributed by atoms with Gasteiger partial charge in [-0.15, -0.1) is 0 Å². The first-order chi connectivity index (χ1) is 15.3. The Bertz CT molecular complexity index is 1380. The minimum Gasteiger partial charge on any atom is -0.342 e. The molecular formula is C25H16BrF3N2O. The first-order valence-electron chi connectivity index (χ1n) is 9.86. The lowest BCUT2D eigenvalue weighted by atomic mass is 10.0. The van der Waals surface area contributed by atoms with Crippen LogP contribution in [-0.2, 0) is 17.5 Å². The van der Waals surface area contributed by atoms with Crippen molar-refractivity contribution in [3.8, 4) is 0 Å².